The number of hydrogen-bond donors (Lipinski definition) is 1. The second-order valence-corrected chi connectivity index (χ2v) is 5.84. The molecule has 2 N–H and O–H groups in total. The van der Waals surface area contributed by atoms with Gasteiger partial charge in [-0.2, -0.15) is 0 Å². The summed E-state index contributed by atoms with van der Waals surface area (Å²) in [5, 5.41) is 0. The van der Waals surface area contributed by atoms with Gasteiger partial charge in [-0.25, -0.2) is 4.98 Å². The smallest absolute Gasteiger partial charge is 0.161 e. The van der Waals surface area contributed by atoms with Crippen molar-refractivity contribution < 1.29 is 4.74 Å². The van der Waals surface area contributed by atoms with E-state index >= 15 is 0 Å². The first-order valence-corrected chi connectivity index (χ1v) is 7.48. The van der Waals surface area contributed by atoms with Crippen LogP contribution in [0, 0.1) is 13.8 Å². The van der Waals surface area contributed by atoms with Crippen molar-refractivity contribution in [2.75, 3.05) is 5.73 Å². The molecule has 0 saturated heterocycles. The van der Waals surface area contributed by atoms with Gasteiger partial charge >= 0.3 is 0 Å². The molecule has 22 heavy (non-hydrogen) atoms. The fourth-order valence-corrected chi connectivity index (χ4v) is 2.58. The van der Waals surface area contributed by atoms with Crippen LogP contribution in [0.25, 0.3) is 16.9 Å². The van der Waals surface area contributed by atoms with E-state index in [4.69, 9.17) is 15.5 Å². The van der Waals surface area contributed by atoms with Crippen molar-refractivity contribution >= 4 is 11.3 Å². The van der Waals surface area contributed by atoms with Crippen LogP contribution < -0.4 is 10.5 Å². The predicted octanol–water partition coefficient (Wildman–Crippen LogP) is 3.99. The van der Waals surface area contributed by atoms with E-state index in [0.29, 0.717) is 0 Å². The normalized spacial score (nSPS) is 11.3. The van der Waals surface area contributed by atoms with Gasteiger partial charge in [0.25, 0.3) is 0 Å². The Kier molecular flexibility index (Phi) is 3.53. The SMILES string of the molecule is Cc1ccn2c(C)c(-c3ccc(OC(C)C)cc3)nc2c1N. The fourth-order valence-electron chi connectivity index (χ4n) is 2.58. The average Bonchev–Trinajstić information content (AvgIpc) is 2.81. The van der Waals surface area contributed by atoms with Crippen LogP contribution in [0.15, 0.2) is 36.5 Å². The number of nitrogens with zero attached hydrogens (tertiary/aromatic N) is 2. The summed E-state index contributed by atoms with van der Waals surface area (Å²) in [6.07, 6.45) is 2.19. The van der Waals surface area contributed by atoms with Crippen LogP contribution in [0.2, 0.25) is 0 Å². The van der Waals surface area contributed by atoms with Crippen LogP contribution in [0.3, 0.4) is 0 Å². The van der Waals surface area contributed by atoms with Crippen LogP contribution in [0.5, 0.6) is 5.75 Å². The van der Waals surface area contributed by atoms with Gasteiger partial charge in [-0.3, -0.25) is 0 Å². The molecule has 114 valence electrons. The lowest BCUT2D eigenvalue weighted by molar-refractivity contribution is 0.242. The summed E-state index contributed by atoms with van der Waals surface area (Å²) < 4.78 is 7.72. The maximum Gasteiger partial charge on any atom is 0.161 e. The highest BCUT2D eigenvalue weighted by Crippen LogP contribution is 2.28. The molecule has 0 bridgehead atoms. The van der Waals surface area contributed by atoms with Gasteiger partial charge < -0.3 is 14.9 Å². The van der Waals surface area contributed by atoms with Gasteiger partial charge in [-0.15, -0.1) is 0 Å². The van der Waals surface area contributed by atoms with Gasteiger partial charge in [0.1, 0.15) is 5.75 Å². The first-order chi connectivity index (χ1) is 10.5. The zero-order valence-corrected chi connectivity index (χ0v) is 13.4. The third kappa shape index (κ3) is 2.41. The highest BCUT2D eigenvalue weighted by atomic mass is 16.5. The first kappa shape index (κ1) is 14.4. The monoisotopic (exact) mass is 295 g/mol. The van der Waals surface area contributed by atoms with E-state index in [2.05, 4.69) is 6.92 Å². The molecule has 0 aliphatic heterocycles. The van der Waals surface area contributed by atoms with E-state index in [1.807, 2.05) is 61.7 Å². The second kappa shape index (κ2) is 5.37. The van der Waals surface area contributed by atoms with Crippen LogP contribution in [-0.4, -0.2) is 15.5 Å². The molecule has 0 saturated carbocycles. The molecule has 0 atom stereocenters. The van der Waals surface area contributed by atoms with Crippen LogP contribution in [0.1, 0.15) is 25.1 Å². The zero-order chi connectivity index (χ0) is 15.9. The minimum atomic E-state index is 0.172. The maximum absolute atomic E-state index is 6.15. The second-order valence-electron chi connectivity index (χ2n) is 5.84. The Bertz CT molecular complexity index is 816. The Morgan fingerprint density at radius 2 is 1.77 bits per heavy atom. The standard InChI is InChI=1S/C18H21N3O/c1-11(2)22-15-7-5-14(6-8-15)17-13(4)21-10-9-12(3)16(19)18(21)20-17/h5-11H,19H2,1-4H3. The van der Waals surface area contributed by atoms with E-state index in [-0.39, 0.29) is 6.10 Å². The van der Waals surface area contributed by atoms with Gasteiger partial charge in [0.15, 0.2) is 5.65 Å². The van der Waals surface area contributed by atoms with E-state index in [1.54, 1.807) is 0 Å². The number of anilines is 1. The van der Waals surface area contributed by atoms with Crippen molar-refractivity contribution in [3.05, 3.63) is 47.8 Å². The summed E-state index contributed by atoms with van der Waals surface area (Å²) in [4.78, 5) is 4.73. The molecule has 0 aliphatic rings. The third-order valence-corrected chi connectivity index (χ3v) is 3.79. The van der Waals surface area contributed by atoms with Gasteiger partial charge in [0, 0.05) is 17.5 Å². The lowest BCUT2D eigenvalue weighted by Crippen LogP contribution is -2.05. The third-order valence-electron chi connectivity index (χ3n) is 3.79. The number of benzene rings is 1. The highest BCUT2D eigenvalue weighted by molar-refractivity contribution is 5.75. The molecule has 2 heterocycles. The molecule has 0 aliphatic carbocycles. The molecule has 0 amide bonds. The van der Waals surface area contributed by atoms with Gasteiger partial charge in [-0.1, -0.05) is 0 Å². The Balaban J connectivity index is 2.06. The quantitative estimate of drug-likeness (QED) is 0.795. The zero-order valence-electron chi connectivity index (χ0n) is 13.4. The number of pyridine rings is 1. The first-order valence-electron chi connectivity index (χ1n) is 7.48. The predicted molar refractivity (Wildman–Crippen MR) is 90.3 cm³/mol. The Labute approximate surface area is 130 Å². The molecule has 0 spiro atoms. The average molecular weight is 295 g/mol. The van der Waals surface area contributed by atoms with Crippen LogP contribution in [-0.2, 0) is 0 Å². The number of imidazole rings is 1. The minimum Gasteiger partial charge on any atom is -0.491 e. The van der Waals surface area contributed by atoms with E-state index in [1.165, 1.54) is 0 Å². The summed E-state index contributed by atoms with van der Waals surface area (Å²) >= 11 is 0. The van der Waals surface area contributed by atoms with Crippen LogP contribution >= 0.6 is 0 Å². The number of rotatable bonds is 3. The summed E-state index contributed by atoms with van der Waals surface area (Å²) in [6.45, 7) is 8.09. The van der Waals surface area contributed by atoms with Crippen molar-refractivity contribution in [2.24, 2.45) is 0 Å². The van der Waals surface area contributed by atoms with E-state index in [9.17, 15) is 0 Å². The van der Waals surface area contributed by atoms with Crippen molar-refractivity contribution in [1.82, 2.24) is 9.38 Å². The lowest BCUT2D eigenvalue weighted by Gasteiger charge is -2.09. The van der Waals surface area contributed by atoms with Crippen molar-refractivity contribution in [2.45, 2.75) is 33.8 Å². The molecule has 3 rings (SSSR count). The topological polar surface area (TPSA) is 52.5 Å². The van der Waals surface area contributed by atoms with Gasteiger partial charge in [0.05, 0.1) is 17.5 Å². The van der Waals surface area contributed by atoms with E-state index in [0.717, 1.165) is 39.6 Å². The number of aromatic nitrogens is 2. The summed E-state index contributed by atoms with van der Waals surface area (Å²) in [5.41, 5.74) is 11.8. The molecule has 4 nitrogen and oxygen atoms in total. The molecule has 2 aromatic heterocycles. The number of ether oxygens (including phenoxy) is 1. The molecule has 0 radical (unpaired) electrons. The lowest BCUT2D eigenvalue weighted by atomic mass is 10.1. The summed E-state index contributed by atoms with van der Waals surface area (Å²) in [6, 6.07) is 10.0. The van der Waals surface area contributed by atoms with E-state index < -0.39 is 0 Å². The molecular weight excluding hydrogens is 274 g/mol. The van der Waals surface area contributed by atoms with Crippen molar-refractivity contribution in [3.63, 3.8) is 0 Å². The van der Waals surface area contributed by atoms with Crippen molar-refractivity contribution in [1.29, 1.82) is 0 Å². The largest absolute Gasteiger partial charge is 0.491 e. The van der Waals surface area contributed by atoms with Crippen molar-refractivity contribution in [3.8, 4) is 17.0 Å². The highest BCUT2D eigenvalue weighted by Gasteiger charge is 2.13. The summed E-state index contributed by atoms with van der Waals surface area (Å²) in [7, 11) is 0. The minimum absolute atomic E-state index is 0.172. The van der Waals surface area contributed by atoms with Gasteiger partial charge in [-0.05, 0) is 63.6 Å². The number of aryl methyl sites for hydroxylation is 2. The summed E-state index contributed by atoms with van der Waals surface area (Å²) in [5.74, 6) is 0.871. The van der Waals surface area contributed by atoms with Crippen LogP contribution in [0.4, 0.5) is 5.69 Å². The maximum atomic E-state index is 6.15. The Morgan fingerprint density at radius 1 is 1.09 bits per heavy atom. The number of fused-ring (bicyclic) bond motifs is 1. The number of nitrogens with two attached hydrogens (primary N) is 1. The Hall–Kier alpha value is -2.49. The molecular formula is C18H21N3O. The number of nitrogen functional groups attached to an aromatic ring is 1. The van der Waals surface area contributed by atoms with Gasteiger partial charge in [0.2, 0.25) is 0 Å². The molecule has 3 aromatic rings. The molecule has 0 fully saturated rings. The fraction of sp³-hybridized carbons (Fsp3) is 0.278. The molecule has 4 heteroatoms. The Morgan fingerprint density at radius 3 is 2.41 bits per heavy atom. The molecule has 1 aromatic carbocycles. The number of hydrogen-bond acceptors (Lipinski definition) is 3. The molecule has 0 unspecified atom stereocenters.